The maximum Gasteiger partial charge on any atom is 0.0705 e. The van der Waals surface area contributed by atoms with Gasteiger partial charge in [-0.15, -0.1) is 0 Å². The van der Waals surface area contributed by atoms with Crippen LogP contribution < -0.4 is 5.32 Å². The summed E-state index contributed by atoms with van der Waals surface area (Å²) in [4.78, 5) is 4.41. The van der Waals surface area contributed by atoms with Crippen molar-refractivity contribution in [1.29, 1.82) is 0 Å². The Morgan fingerprint density at radius 3 is 3.05 bits per heavy atom. The Balaban J connectivity index is 1.68. The van der Waals surface area contributed by atoms with Gasteiger partial charge in [-0.25, -0.2) is 0 Å². The first-order valence-electron chi connectivity index (χ1n) is 6.94. The number of nitrogens with one attached hydrogen (secondary N) is 1. The summed E-state index contributed by atoms with van der Waals surface area (Å²) >= 11 is 2.11. The Bertz CT molecular complexity index is 556. The van der Waals surface area contributed by atoms with Crippen LogP contribution in [0, 0.1) is 0 Å². The number of nitrogens with zero attached hydrogens (tertiary/aromatic N) is 1. The van der Waals surface area contributed by atoms with Gasteiger partial charge >= 0.3 is 0 Å². The van der Waals surface area contributed by atoms with Crippen molar-refractivity contribution in [2.24, 2.45) is 0 Å². The molecular weight excluding hydrogens is 252 g/mol. The van der Waals surface area contributed by atoms with Gasteiger partial charge in [0.05, 0.1) is 5.52 Å². The number of rotatable bonds is 4. The third kappa shape index (κ3) is 2.93. The minimum Gasteiger partial charge on any atom is -0.311 e. The van der Waals surface area contributed by atoms with Gasteiger partial charge in [-0.3, -0.25) is 4.98 Å². The molecule has 1 aliphatic rings. The van der Waals surface area contributed by atoms with E-state index in [9.17, 15) is 0 Å². The largest absolute Gasteiger partial charge is 0.311 e. The molecule has 0 spiro atoms. The van der Waals surface area contributed by atoms with Crippen LogP contribution in [-0.4, -0.2) is 22.0 Å². The molecule has 1 aromatic heterocycles. The Morgan fingerprint density at radius 2 is 2.21 bits per heavy atom. The van der Waals surface area contributed by atoms with Crippen LogP contribution in [0.25, 0.3) is 10.9 Å². The van der Waals surface area contributed by atoms with E-state index in [0.717, 1.165) is 18.6 Å². The third-order valence-electron chi connectivity index (χ3n) is 3.85. The normalized spacial score (nSPS) is 23.0. The van der Waals surface area contributed by atoms with Crippen molar-refractivity contribution in [2.75, 3.05) is 12.3 Å². The van der Waals surface area contributed by atoms with Crippen LogP contribution in [0.1, 0.15) is 25.3 Å². The molecule has 3 heteroatoms. The molecule has 1 fully saturated rings. The van der Waals surface area contributed by atoms with Gasteiger partial charge < -0.3 is 5.32 Å². The lowest BCUT2D eigenvalue weighted by atomic mass is 10.1. The standard InChI is InChI=1S/C16H20N2S/c1-16(8-4-10-19-16)12-17-11-13-7-9-18-15-6-3-2-5-14(13)15/h2-3,5-7,9,17H,4,8,10-12H2,1H3. The van der Waals surface area contributed by atoms with E-state index in [2.05, 4.69) is 53.3 Å². The number of aromatic nitrogens is 1. The summed E-state index contributed by atoms with van der Waals surface area (Å²) in [5.41, 5.74) is 2.43. The third-order valence-corrected chi connectivity index (χ3v) is 5.39. The average molecular weight is 272 g/mol. The molecular formula is C16H20N2S. The van der Waals surface area contributed by atoms with Crippen molar-refractivity contribution in [3.05, 3.63) is 42.1 Å². The second-order valence-electron chi connectivity index (χ2n) is 5.49. The summed E-state index contributed by atoms with van der Waals surface area (Å²) in [5, 5.41) is 4.89. The zero-order valence-electron chi connectivity index (χ0n) is 11.4. The van der Waals surface area contributed by atoms with Gasteiger partial charge in [-0.1, -0.05) is 18.2 Å². The predicted octanol–water partition coefficient (Wildman–Crippen LogP) is 3.61. The van der Waals surface area contributed by atoms with Crippen LogP contribution in [0.4, 0.5) is 0 Å². The SMILES string of the molecule is CC1(CNCc2ccnc3ccccc23)CCCS1. The van der Waals surface area contributed by atoms with Gasteiger partial charge in [0.2, 0.25) is 0 Å². The molecule has 1 saturated heterocycles. The lowest BCUT2D eigenvalue weighted by Gasteiger charge is -2.23. The quantitative estimate of drug-likeness (QED) is 0.920. The first-order valence-corrected chi connectivity index (χ1v) is 7.93. The number of thioether (sulfide) groups is 1. The van der Waals surface area contributed by atoms with E-state index >= 15 is 0 Å². The van der Waals surface area contributed by atoms with Gasteiger partial charge in [-0.2, -0.15) is 11.8 Å². The van der Waals surface area contributed by atoms with E-state index in [1.807, 2.05) is 12.3 Å². The summed E-state index contributed by atoms with van der Waals surface area (Å²) in [5.74, 6) is 1.32. The van der Waals surface area contributed by atoms with Crippen LogP contribution in [0.15, 0.2) is 36.5 Å². The Hall–Kier alpha value is -1.06. The number of hydrogen-bond acceptors (Lipinski definition) is 3. The van der Waals surface area contributed by atoms with Gasteiger partial charge in [0, 0.05) is 29.4 Å². The molecule has 19 heavy (non-hydrogen) atoms. The second-order valence-corrected chi connectivity index (χ2v) is 7.18. The molecule has 3 rings (SSSR count). The number of benzene rings is 1. The summed E-state index contributed by atoms with van der Waals surface area (Å²) in [6, 6.07) is 10.5. The summed E-state index contributed by atoms with van der Waals surface area (Å²) in [6.45, 7) is 4.40. The van der Waals surface area contributed by atoms with E-state index in [4.69, 9.17) is 0 Å². The van der Waals surface area contributed by atoms with E-state index in [1.165, 1.54) is 29.5 Å². The molecule has 0 aliphatic carbocycles. The number of hydrogen-bond donors (Lipinski definition) is 1. The Labute approximate surface area is 119 Å². The molecule has 2 heterocycles. The van der Waals surface area contributed by atoms with E-state index < -0.39 is 0 Å². The molecule has 0 saturated carbocycles. The Morgan fingerprint density at radius 1 is 1.32 bits per heavy atom. The van der Waals surface area contributed by atoms with Gasteiger partial charge in [0.15, 0.2) is 0 Å². The highest BCUT2D eigenvalue weighted by atomic mass is 32.2. The van der Waals surface area contributed by atoms with Crippen molar-refractivity contribution in [3.63, 3.8) is 0 Å². The van der Waals surface area contributed by atoms with Gasteiger partial charge in [-0.05, 0) is 43.2 Å². The number of para-hydroxylation sites is 1. The first kappa shape index (κ1) is 12.9. The monoisotopic (exact) mass is 272 g/mol. The molecule has 2 nitrogen and oxygen atoms in total. The van der Waals surface area contributed by atoms with Crippen molar-refractivity contribution in [2.45, 2.75) is 31.1 Å². The van der Waals surface area contributed by atoms with Crippen LogP contribution in [-0.2, 0) is 6.54 Å². The summed E-state index contributed by atoms with van der Waals surface area (Å²) in [7, 11) is 0. The maximum absolute atomic E-state index is 4.41. The molecule has 100 valence electrons. The topological polar surface area (TPSA) is 24.9 Å². The van der Waals surface area contributed by atoms with Crippen molar-refractivity contribution in [1.82, 2.24) is 10.3 Å². The van der Waals surface area contributed by atoms with Crippen LogP contribution in [0.3, 0.4) is 0 Å². The van der Waals surface area contributed by atoms with E-state index in [0.29, 0.717) is 4.75 Å². The second kappa shape index (κ2) is 5.51. The van der Waals surface area contributed by atoms with E-state index in [-0.39, 0.29) is 0 Å². The summed E-state index contributed by atoms with van der Waals surface area (Å²) in [6.07, 6.45) is 4.61. The predicted molar refractivity (Wildman–Crippen MR) is 83.5 cm³/mol. The minimum absolute atomic E-state index is 0.433. The number of pyridine rings is 1. The van der Waals surface area contributed by atoms with Crippen molar-refractivity contribution < 1.29 is 0 Å². The van der Waals surface area contributed by atoms with Gasteiger partial charge in [0.25, 0.3) is 0 Å². The molecule has 1 atom stereocenters. The smallest absolute Gasteiger partial charge is 0.0705 e. The highest BCUT2D eigenvalue weighted by molar-refractivity contribution is 8.00. The first-order chi connectivity index (χ1) is 9.27. The molecule has 1 N–H and O–H groups in total. The van der Waals surface area contributed by atoms with Crippen LogP contribution >= 0.6 is 11.8 Å². The molecule has 1 aromatic carbocycles. The molecule has 0 amide bonds. The fraction of sp³-hybridized carbons (Fsp3) is 0.438. The van der Waals surface area contributed by atoms with Crippen molar-refractivity contribution in [3.8, 4) is 0 Å². The van der Waals surface area contributed by atoms with Crippen LogP contribution in [0.5, 0.6) is 0 Å². The molecule has 0 radical (unpaired) electrons. The fourth-order valence-electron chi connectivity index (χ4n) is 2.75. The molecule has 1 aliphatic heterocycles. The maximum atomic E-state index is 4.41. The fourth-order valence-corrected chi connectivity index (χ4v) is 4.02. The lowest BCUT2D eigenvalue weighted by Crippen LogP contribution is -2.32. The van der Waals surface area contributed by atoms with Gasteiger partial charge in [0.1, 0.15) is 0 Å². The lowest BCUT2D eigenvalue weighted by molar-refractivity contribution is 0.538. The average Bonchev–Trinajstić information content (AvgIpc) is 2.86. The van der Waals surface area contributed by atoms with Crippen molar-refractivity contribution >= 4 is 22.7 Å². The van der Waals surface area contributed by atoms with Crippen LogP contribution in [0.2, 0.25) is 0 Å². The number of fused-ring (bicyclic) bond motifs is 1. The minimum atomic E-state index is 0.433. The van der Waals surface area contributed by atoms with E-state index in [1.54, 1.807) is 0 Å². The summed E-state index contributed by atoms with van der Waals surface area (Å²) < 4.78 is 0.433. The molecule has 1 unspecified atom stereocenters. The Kier molecular flexibility index (Phi) is 3.76. The zero-order valence-corrected chi connectivity index (χ0v) is 12.2. The molecule has 2 aromatic rings. The highest BCUT2D eigenvalue weighted by Crippen LogP contribution is 2.37. The zero-order chi connectivity index (χ0) is 13.1. The molecule has 0 bridgehead atoms. The highest BCUT2D eigenvalue weighted by Gasteiger charge is 2.28.